The molecular formula is C44H77N7O6. The molecule has 3 aliphatic carbocycles. The quantitative estimate of drug-likeness (QED) is 0.129. The molecule has 57 heavy (non-hydrogen) atoms. The maximum atomic E-state index is 13.5. The zero-order chi connectivity index (χ0) is 43.8. The molecule has 0 spiro atoms. The highest BCUT2D eigenvalue weighted by Gasteiger charge is 2.43. The van der Waals surface area contributed by atoms with E-state index in [1.807, 2.05) is 39.5 Å². The van der Waals surface area contributed by atoms with Crippen LogP contribution < -0.4 is 21.7 Å². The predicted molar refractivity (Wildman–Crippen MR) is 229 cm³/mol. The van der Waals surface area contributed by atoms with Crippen LogP contribution in [0.2, 0.25) is 0 Å². The first-order valence-corrected chi connectivity index (χ1v) is 21.2. The van der Waals surface area contributed by atoms with Crippen molar-refractivity contribution in [1.82, 2.24) is 30.8 Å². The molecule has 1 aliphatic heterocycles. The minimum absolute atomic E-state index is 0.0306. The SMILES string of the molecule is C#C.C1CCCCC1.CC.CC(=O)C(=O)NC1CC1.CCC.C[C@@H]1[C@@H](C2CCCCC2)CCN1C(=O)[C@@H](NC(=O)CNC(=O)c1cnccn1)C(C)(C)C.NC=O. The zero-order valence-corrected chi connectivity index (χ0v) is 36.7. The lowest BCUT2D eigenvalue weighted by Gasteiger charge is -2.37. The van der Waals surface area contributed by atoms with Crippen LogP contribution in [-0.4, -0.2) is 81.9 Å². The summed E-state index contributed by atoms with van der Waals surface area (Å²) < 4.78 is 0. The van der Waals surface area contributed by atoms with E-state index in [2.05, 4.69) is 65.3 Å². The molecule has 0 bridgehead atoms. The van der Waals surface area contributed by atoms with Crippen molar-refractivity contribution >= 4 is 35.8 Å². The number of likely N-dealkylation sites (tertiary alicyclic amines) is 1. The Hall–Kier alpha value is -4.34. The molecule has 4 aliphatic rings. The summed E-state index contributed by atoms with van der Waals surface area (Å²) in [4.78, 5) is 77.4. The molecule has 0 radical (unpaired) electrons. The summed E-state index contributed by atoms with van der Waals surface area (Å²) in [6, 6.07) is -0.180. The summed E-state index contributed by atoms with van der Waals surface area (Å²) in [5.74, 6) is -0.504. The molecule has 324 valence electrons. The number of primary amides is 1. The van der Waals surface area contributed by atoms with Crippen LogP contribution in [0.5, 0.6) is 0 Å². The van der Waals surface area contributed by atoms with E-state index in [0.717, 1.165) is 25.8 Å². The molecular weight excluding hydrogens is 723 g/mol. The summed E-state index contributed by atoms with van der Waals surface area (Å²) in [5.41, 5.74) is 3.85. The van der Waals surface area contributed by atoms with Crippen molar-refractivity contribution in [2.75, 3.05) is 13.1 Å². The Morgan fingerprint density at radius 1 is 0.895 bits per heavy atom. The fraction of sp³-hybridized carbons (Fsp3) is 0.727. The van der Waals surface area contributed by atoms with Crippen molar-refractivity contribution in [2.45, 2.75) is 177 Å². The second kappa shape index (κ2) is 32.7. The Balaban J connectivity index is 0. The second-order valence-corrected chi connectivity index (χ2v) is 15.5. The molecule has 2 heterocycles. The van der Waals surface area contributed by atoms with Crippen molar-refractivity contribution in [3.8, 4) is 12.8 Å². The van der Waals surface area contributed by atoms with Crippen molar-refractivity contribution in [3.05, 3.63) is 24.3 Å². The molecule has 0 aromatic carbocycles. The van der Waals surface area contributed by atoms with E-state index in [1.165, 1.54) is 103 Å². The zero-order valence-electron chi connectivity index (χ0n) is 36.7. The standard InChI is InChI=1S/C24H37N5O3.C6H9NO2.C6H12.C3H8.C2H6.C2H2.CH3NO/c1-16-18(17-8-6-5-7-9-17)10-13-29(16)23(32)21(24(2,3)4)28-20(30)15-27-22(31)19-14-25-11-12-26-19;1-4(8)6(9)7-5-2-3-5;1-2-4-6-5-3-1;1-3-2;2*1-2;2-1-3/h11-12,14,16-18,21H,5-10,13,15H2,1-4H3,(H,27,31)(H,28,30);5H,2-3H2,1H3,(H,7,9);1-6H2;3H2,1-2H3;1-2H3;1-2H;1H,(H2,2,3)/t16-,18+,21-;;;;;;/m1....../s1. The molecule has 1 saturated heterocycles. The fourth-order valence-corrected chi connectivity index (χ4v) is 6.74. The number of nitrogens with two attached hydrogens (primary N) is 1. The van der Waals surface area contributed by atoms with Crippen molar-refractivity contribution in [1.29, 1.82) is 0 Å². The number of carbonyl (C=O) groups is 6. The Morgan fingerprint density at radius 2 is 1.39 bits per heavy atom. The normalized spacial score (nSPS) is 18.8. The van der Waals surface area contributed by atoms with Gasteiger partial charge in [0, 0.05) is 37.9 Å². The second-order valence-electron chi connectivity index (χ2n) is 15.5. The molecule has 3 saturated carbocycles. The van der Waals surface area contributed by atoms with Crippen LogP contribution in [-0.2, 0) is 24.0 Å². The third-order valence-corrected chi connectivity index (χ3v) is 9.71. The van der Waals surface area contributed by atoms with E-state index in [9.17, 15) is 24.0 Å². The monoisotopic (exact) mass is 800 g/mol. The van der Waals surface area contributed by atoms with Gasteiger partial charge in [0.15, 0.2) is 0 Å². The van der Waals surface area contributed by atoms with Gasteiger partial charge in [0.1, 0.15) is 11.7 Å². The predicted octanol–water partition coefficient (Wildman–Crippen LogP) is 6.54. The van der Waals surface area contributed by atoms with Gasteiger partial charge in [-0.1, -0.05) is 126 Å². The summed E-state index contributed by atoms with van der Waals surface area (Å²) in [6.45, 7) is 18.1. The van der Waals surface area contributed by atoms with Gasteiger partial charge in [-0.05, 0) is 43.4 Å². The maximum absolute atomic E-state index is 13.5. The lowest BCUT2D eigenvalue weighted by molar-refractivity contribution is -0.140. The molecule has 1 aromatic rings. The van der Waals surface area contributed by atoms with E-state index in [1.54, 1.807) is 0 Å². The first-order chi connectivity index (χ1) is 27.2. The fourth-order valence-electron chi connectivity index (χ4n) is 6.74. The summed E-state index contributed by atoms with van der Waals surface area (Å²) in [7, 11) is 0. The first kappa shape index (κ1) is 54.8. The number of nitrogens with zero attached hydrogens (tertiary/aromatic N) is 3. The van der Waals surface area contributed by atoms with Crippen molar-refractivity contribution in [2.24, 2.45) is 23.0 Å². The van der Waals surface area contributed by atoms with E-state index >= 15 is 0 Å². The largest absolute Gasteiger partial charge is 0.372 e. The van der Waals surface area contributed by atoms with Crippen LogP contribution in [0.3, 0.4) is 0 Å². The van der Waals surface area contributed by atoms with Crippen LogP contribution >= 0.6 is 0 Å². The van der Waals surface area contributed by atoms with Gasteiger partial charge in [0.25, 0.3) is 11.8 Å². The van der Waals surface area contributed by atoms with E-state index in [-0.39, 0.29) is 30.6 Å². The van der Waals surface area contributed by atoms with E-state index < -0.39 is 35.0 Å². The van der Waals surface area contributed by atoms with Crippen LogP contribution in [0.25, 0.3) is 0 Å². The third kappa shape index (κ3) is 24.1. The highest BCUT2D eigenvalue weighted by atomic mass is 16.2. The number of amides is 5. The van der Waals surface area contributed by atoms with Gasteiger partial charge >= 0.3 is 0 Å². The van der Waals surface area contributed by atoms with Crippen LogP contribution in [0.15, 0.2) is 18.6 Å². The van der Waals surface area contributed by atoms with Crippen LogP contribution in [0, 0.1) is 30.1 Å². The average molecular weight is 800 g/mol. The number of carbonyl (C=O) groups excluding carboxylic acids is 6. The van der Waals surface area contributed by atoms with Crippen molar-refractivity contribution < 1.29 is 28.8 Å². The summed E-state index contributed by atoms with van der Waals surface area (Å²) in [6.07, 6.45) is 32.3. The van der Waals surface area contributed by atoms with Gasteiger partial charge in [0.2, 0.25) is 24.0 Å². The Bertz CT molecular complexity index is 1280. The molecule has 4 fully saturated rings. The Labute approximate surface area is 344 Å². The molecule has 0 unspecified atom stereocenters. The number of hydrogen-bond acceptors (Lipinski definition) is 8. The van der Waals surface area contributed by atoms with Crippen LogP contribution in [0.4, 0.5) is 0 Å². The smallest absolute Gasteiger partial charge is 0.287 e. The topological polar surface area (TPSA) is 194 Å². The molecule has 5 N–H and O–H groups in total. The number of aromatic nitrogens is 2. The Kier molecular flexibility index (Phi) is 31.4. The van der Waals surface area contributed by atoms with E-state index in [4.69, 9.17) is 4.79 Å². The number of rotatable bonds is 8. The van der Waals surface area contributed by atoms with E-state index in [0.29, 0.717) is 17.9 Å². The van der Waals surface area contributed by atoms with Crippen molar-refractivity contribution in [3.63, 3.8) is 0 Å². The number of hydrogen-bond donors (Lipinski definition) is 4. The molecule has 13 nitrogen and oxygen atoms in total. The highest BCUT2D eigenvalue weighted by molar-refractivity contribution is 6.35. The average Bonchev–Trinajstić information content (AvgIpc) is 3.96. The van der Waals surface area contributed by atoms with Gasteiger partial charge in [-0.25, -0.2) is 4.98 Å². The van der Waals surface area contributed by atoms with Crippen LogP contribution in [0.1, 0.15) is 169 Å². The highest BCUT2D eigenvalue weighted by Crippen LogP contribution is 2.39. The molecule has 13 heteroatoms. The van der Waals surface area contributed by atoms with Gasteiger partial charge < -0.3 is 26.6 Å². The maximum Gasteiger partial charge on any atom is 0.287 e. The number of Topliss-reactive ketones (excluding diaryl/α,β-unsaturated/α-hetero) is 1. The van der Waals surface area contributed by atoms with Gasteiger partial charge in [0.05, 0.1) is 12.7 Å². The number of nitrogens with one attached hydrogen (secondary N) is 3. The molecule has 5 amide bonds. The Morgan fingerprint density at radius 3 is 1.81 bits per heavy atom. The molecule has 3 atom stereocenters. The number of terminal acetylenes is 1. The lowest BCUT2D eigenvalue weighted by atomic mass is 9.77. The number of ketones is 1. The summed E-state index contributed by atoms with van der Waals surface area (Å²) >= 11 is 0. The van der Waals surface area contributed by atoms with Gasteiger partial charge in [-0.15, -0.1) is 12.8 Å². The first-order valence-electron chi connectivity index (χ1n) is 21.2. The minimum Gasteiger partial charge on any atom is -0.372 e. The van der Waals surface area contributed by atoms with Gasteiger partial charge in [-0.2, -0.15) is 0 Å². The summed E-state index contributed by atoms with van der Waals surface area (Å²) in [5, 5.41) is 7.98. The minimum atomic E-state index is -0.657. The van der Waals surface area contributed by atoms with Gasteiger partial charge in [-0.3, -0.25) is 33.8 Å². The lowest BCUT2D eigenvalue weighted by Crippen LogP contribution is -2.57. The molecule has 1 aromatic heterocycles. The molecule has 5 rings (SSSR count). The third-order valence-electron chi connectivity index (χ3n) is 9.71.